The molecule has 0 spiro atoms. The van der Waals surface area contributed by atoms with Gasteiger partial charge in [-0.3, -0.25) is 4.79 Å². The van der Waals surface area contributed by atoms with Gasteiger partial charge in [-0.25, -0.2) is 13.1 Å². The molecule has 1 amide bonds. The van der Waals surface area contributed by atoms with Crippen molar-refractivity contribution in [1.82, 2.24) is 4.72 Å². The van der Waals surface area contributed by atoms with Crippen molar-refractivity contribution < 1.29 is 17.9 Å². The van der Waals surface area contributed by atoms with Crippen molar-refractivity contribution >= 4 is 21.6 Å². The summed E-state index contributed by atoms with van der Waals surface area (Å²) in [5.74, 6) is 0.324. The van der Waals surface area contributed by atoms with Gasteiger partial charge in [-0.05, 0) is 66.6 Å². The van der Waals surface area contributed by atoms with Crippen LogP contribution in [0, 0.1) is 0 Å². The van der Waals surface area contributed by atoms with E-state index < -0.39 is 10.0 Å². The average molecular weight is 459 g/mol. The summed E-state index contributed by atoms with van der Waals surface area (Å²) in [7, 11) is -3.55. The Bertz CT molecular complexity index is 993. The number of sulfonamides is 1. The first kappa shape index (κ1) is 24.3. The average Bonchev–Trinajstić information content (AvgIpc) is 2.79. The number of amides is 1. The van der Waals surface area contributed by atoms with Gasteiger partial charge >= 0.3 is 0 Å². The van der Waals surface area contributed by atoms with Crippen LogP contribution >= 0.6 is 0 Å². The Hall–Kier alpha value is -2.38. The number of anilines is 1. The molecular formula is C25H34N2O4S. The van der Waals surface area contributed by atoms with E-state index >= 15 is 0 Å². The van der Waals surface area contributed by atoms with Crippen molar-refractivity contribution in [3.8, 4) is 5.75 Å². The predicted molar refractivity (Wildman–Crippen MR) is 128 cm³/mol. The van der Waals surface area contributed by atoms with Crippen molar-refractivity contribution in [3.63, 3.8) is 0 Å². The molecule has 3 rings (SSSR count). The fourth-order valence-electron chi connectivity index (χ4n) is 3.78. The minimum atomic E-state index is -3.55. The third-order valence-electron chi connectivity index (χ3n) is 6.26. The Morgan fingerprint density at radius 1 is 1.00 bits per heavy atom. The Morgan fingerprint density at radius 2 is 1.62 bits per heavy atom. The molecule has 0 unspecified atom stereocenters. The van der Waals surface area contributed by atoms with E-state index in [0.717, 1.165) is 32.1 Å². The van der Waals surface area contributed by atoms with E-state index in [1.165, 1.54) is 24.1 Å². The lowest BCUT2D eigenvalue weighted by atomic mass is 9.82. The summed E-state index contributed by atoms with van der Waals surface area (Å²) < 4.78 is 33.5. The van der Waals surface area contributed by atoms with Crippen LogP contribution in [0.3, 0.4) is 0 Å². The molecule has 2 N–H and O–H groups in total. The van der Waals surface area contributed by atoms with E-state index in [1.54, 1.807) is 12.1 Å². The molecular weight excluding hydrogens is 424 g/mol. The number of carbonyl (C=O) groups is 1. The lowest BCUT2D eigenvalue weighted by molar-refractivity contribution is -0.118. The van der Waals surface area contributed by atoms with E-state index in [-0.39, 0.29) is 28.9 Å². The highest BCUT2D eigenvalue weighted by atomic mass is 32.2. The Kier molecular flexibility index (Phi) is 7.96. The molecule has 1 aliphatic rings. The standard InChI is InChI=1S/C25H34N2O4S/c1-4-25(2,3)19-10-14-22(15-11-19)31-18-24(28)26-20-12-16-23(17-13-20)32(29,30)27-21-8-6-5-7-9-21/h10-17,21,27H,4-9,18H2,1-3H3,(H,26,28). The minimum absolute atomic E-state index is 0.00684. The van der Waals surface area contributed by atoms with Crippen LogP contribution in [0.15, 0.2) is 53.4 Å². The minimum Gasteiger partial charge on any atom is -0.484 e. The Labute approximate surface area is 191 Å². The highest BCUT2D eigenvalue weighted by Gasteiger charge is 2.22. The molecule has 0 aromatic heterocycles. The predicted octanol–water partition coefficient (Wildman–Crippen LogP) is 5.00. The molecule has 32 heavy (non-hydrogen) atoms. The van der Waals surface area contributed by atoms with Crippen LogP contribution in [0.25, 0.3) is 0 Å². The van der Waals surface area contributed by atoms with E-state index in [4.69, 9.17) is 4.74 Å². The number of carbonyl (C=O) groups excluding carboxylic acids is 1. The van der Waals surface area contributed by atoms with Gasteiger partial charge in [0.05, 0.1) is 4.90 Å². The molecule has 2 aromatic carbocycles. The van der Waals surface area contributed by atoms with Gasteiger partial charge in [-0.2, -0.15) is 0 Å². The molecule has 1 aliphatic carbocycles. The summed E-state index contributed by atoms with van der Waals surface area (Å²) in [5.41, 5.74) is 1.85. The highest BCUT2D eigenvalue weighted by Crippen LogP contribution is 2.28. The first-order valence-corrected chi connectivity index (χ1v) is 12.8. The van der Waals surface area contributed by atoms with Crippen LogP contribution in [-0.2, 0) is 20.2 Å². The summed E-state index contributed by atoms with van der Waals surface area (Å²) in [6.07, 6.45) is 6.08. The molecule has 0 bridgehead atoms. The van der Waals surface area contributed by atoms with Gasteiger partial charge in [-0.15, -0.1) is 0 Å². The lowest BCUT2D eigenvalue weighted by Gasteiger charge is -2.23. The van der Waals surface area contributed by atoms with Crippen LogP contribution in [0.5, 0.6) is 5.75 Å². The maximum atomic E-state index is 12.6. The van der Waals surface area contributed by atoms with Crippen LogP contribution < -0.4 is 14.8 Å². The quantitative estimate of drug-likeness (QED) is 0.554. The molecule has 7 heteroatoms. The molecule has 6 nitrogen and oxygen atoms in total. The van der Waals surface area contributed by atoms with E-state index in [2.05, 4.69) is 30.8 Å². The van der Waals surface area contributed by atoms with Gasteiger partial charge in [0.2, 0.25) is 10.0 Å². The first-order chi connectivity index (χ1) is 15.2. The van der Waals surface area contributed by atoms with Crippen molar-refractivity contribution in [2.75, 3.05) is 11.9 Å². The zero-order valence-electron chi connectivity index (χ0n) is 19.2. The number of rotatable bonds is 9. The largest absolute Gasteiger partial charge is 0.484 e. The molecule has 0 atom stereocenters. The maximum absolute atomic E-state index is 12.6. The Morgan fingerprint density at radius 3 is 2.22 bits per heavy atom. The number of hydrogen-bond donors (Lipinski definition) is 2. The van der Waals surface area contributed by atoms with Gasteiger partial charge in [0.25, 0.3) is 5.91 Å². The fourth-order valence-corrected chi connectivity index (χ4v) is 5.08. The smallest absolute Gasteiger partial charge is 0.262 e. The molecule has 0 radical (unpaired) electrons. The number of ether oxygens (including phenoxy) is 1. The second-order valence-electron chi connectivity index (χ2n) is 9.08. The summed E-state index contributed by atoms with van der Waals surface area (Å²) in [4.78, 5) is 12.4. The van der Waals surface area contributed by atoms with Gasteiger partial charge in [0, 0.05) is 11.7 Å². The number of hydrogen-bond acceptors (Lipinski definition) is 4. The third kappa shape index (κ3) is 6.56. The van der Waals surface area contributed by atoms with Crippen molar-refractivity contribution in [3.05, 3.63) is 54.1 Å². The molecule has 1 fully saturated rings. The molecule has 0 heterocycles. The van der Waals surface area contributed by atoms with Gasteiger partial charge < -0.3 is 10.1 Å². The van der Waals surface area contributed by atoms with Crippen LogP contribution in [0.2, 0.25) is 0 Å². The Balaban J connectivity index is 1.51. The van der Waals surface area contributed by atoms with E-state index in [0.29, 0.717) is 11.4 Å². The van der Waals surface area contributed by atoms with Gasteiger partial charge in [-0.1, -0.05) is 52.2 Å². The van der Waals surface area contributed by atoms with Gasteiger partial charge in [0.15, 0.2) is 6.61 Å². The van der Waals surface area contributed by atoms with E-state index in [9.17, 15) is 13.2 Å². The first-order valence-electron chi connectivity index (χ1n) is 11.4. The summed E-state index contributed by atoms with van der Waals surface area (Å²) in [6, 6.07) is 14.0. The molecule has 0 saturated heterocycles. The number of nitrogens with one attached hydrogen (secondary N) is 2. The molecule has 174 valence electrons. The monoisotopic (exact) mass is 458 g/mol. The second-order valence-corrected chi connectivity index (χ2v) is 10.8. The summed E-state index contributed by atoms with van der Waals surface area (Å²) in [6.45, 7) is 6.42. The van der Waals surface area contributed by atoms with Crippen molar-refractivity contribution in [1.29, 1.82) is 0 Å². The fraction of sp³-hybridized carbons (Fsp3) is 0.480. The summed E-state index contributed by atoms with van der Waals surface area (Å²) in [5, 5.41) is 2.74. The normalized spacial score (nSPS) is 15.3. The van der Waals surface area contributed by atoms with Crippen LogP contribution in [0.1, 0.15) is 64.9 Å². The third-order valence-corrected chi connectivity index (χ3v) is 7.80. The highest BCUT2D eigenvalue weighted by molar-refractivity contribution is 7.89. The number of benzene rings is 2. The molecule has 0 aliphatic heterocycles. The maximum Gasteiger partial charge on any atom is 0.262 e. The second kappa shape index (κ2) is 10.5. The van der Waals surface area contributed by atoms with Crippen molar-refractivity contribution in [2.24, 2.45) is 0 Å². The van der Waals surface area contributed by atoms with Crippen molar-refractivity contribution in [2.45, 2.75) is 75.6 Å². The van der Waals surface area contributed by atoms with E-state index in [1.807, 2.05) is 24.3 Å². The van der Waals surface area contributed by atoms with Gasteiger partial charge in [0.1, 0.15) is 5.75 Å². The molecule has 1 saturated carbocycles. The lowest BCUT2D eigenvalue weighted by Crippen LogP contribution is -2.36. The zero-order valence-corrected chi connectivity index (χ0v) is 20.0. The zero-order chi connectivity index (χ0) is 23.2. The summed E-state index contributed by atoms with van der Waals surface area (Å²) >= 11 is 0. The topological polar surface area (TPSA) is 84.5 Å². The van der Waals surface area contributed by atoms with Crippen LogP contribution in [-0.4, -0.2) is 27.0 Å². The van der Waals surface area contributed by atoms with Crippen LogP contribution in [0.4, 0.5) is 5.69 Å². The SMILES string of the molecule is CCC(C)(C)c1ccc(OCC(=O)Nc2ccc(S(=O)(=O)NC3CCCCC3)cc2)cc1. The molecule has 2 aromatic rings.